The maximum Gasteiger partial charge on any atom is 0.142 e. The number of methoxy groups -OCH3 is 2. The van der Waals surface area contributed by atoms with Gasteiger partial charge in [-0.2, -0.15) is 0 Å². The molecule has 0 atom stereocenters. The Morgan fingerprint density at radius 2 is 1.95 bits per heavy atom. The first kappa shape index (κ1) is 14.7. The smallest absolute Gasteiger partial charge is 0.142 e. The Labute approximate surface area is 114 Å². The number of hydrogen-bond acceptors (Lipinski definition) is 4. The predicted molar refractivity (Wildman–Crippen MR) is 79.5 cm³/mol. The summed E-state index contributed by atoms with van der Waals surface area (Å²) in [6.07, 6.45) is 7.16. The Morgan fingerprint density at radius 3 is 2.53 bits per heavy atom. The monoisotopic (exact) mass is 260 g/mol. The van der Waals surface area contributed by atoms with Crippen LogP contribution >= 0.6 is 0 Å². The highest BCUT2D eigenvalue weighted by Gasteiger charge is 2.03. The Morgan fingerprint density at radius 1 is 1.21 bits per heavy atom. The summed E-state index contributed by atoms with van der Waals surface area (Å²) >= 11 is 0. The van der Waals surface area contributed by atoms with Crippen LogP contribution in [0.15, 0.2) is 48.4 Å². The highest BCUT2D eigenvalue weighted by atomic mass is 16.5. The van der Waals surface area contributed by atoms with Gasteiger partial charge in [0.2, 0.25) is 0 Å². The van der Waals surface area contributed by atoms with Gasteiger partial charge in [-0.05, 0) is 36.3 Å². The van der Waals surface area contributed by atoms with Crippen molar-refractivity contribution >= 4 is 11.3 Å². The summed E-state index contributed by atoms with van der Waals surface area (Å²) in [4.78, 5) is 0. The number of anilines is 1. The summed E-state index contributed by atoms with van der Waals surface area (Å²) in [6, 6.07) is 5.65. The lowest BCUT2D eigenvalue weighted by atomic mass is 10.0. The maximum atomic E-state index is 5.80. The lowest BCUT2D eigenvalue weighted by Crippen LogP contribution is -1.95. The zero-order valence-corrected chi connectivity index (χ0v) is 11.5. The number of ether oxygens (including phenoxy) is 2. The highest BCUT2D eigenvalue weighted by Crippen LogP contribution is 2.26. The van der Waals surface area contributed by atoms with Crippen molar-refractivity contribution in [2.24, 2.45) is 5.73 Å². The molecule has 4 heteroatoms. The van der Waals surface area contributed by atoms with E-state index in [0.717, 1.165) is 11.1 Å². The first-order valence-electron chi connectivity index (χ1n) is 5.89. The summed E-state index contributed by atoms with van der Waals surface area (Å²) in [7, 11) is 3.15. The fraction of sp³-hybridized carbons (Fsp3) is 0.200. The van der Waals surface area contributed by atoms with Crippen LogP contribution in [0.5, 0.6) is 5.75 Å². The lowest BCUT2D eigenvalue weighted by molar-refractivity contribution is 0.334. The van der Waals surface area contributed by atoms with Gasteiger partial charge in [0.1, 0.15) is 12.0 Å². The molecule has 4 nitrogen and oxygen atoms in total. The summed E-state index contributed by atoms with van der Waals surface area (Å²) in [5.74, 6) is 0.658. The number of hydrogen-bond donors (Lipinski definition) is 2. The van der Waals surface area contributed by atoms with Crippen molar-refractivity contribution in [2.75, 3.05) is 20.0 Å². The van der Waals surface area contributed by atoms with E-state index in [0.29, 0.717) is 17.1 Å². The SMILES string of the molecule is C\C=C(/C=C\C(N)=C\OC)c1ccc(N)c(OC)c1. The van der Waals surface area contributed by atoms with Gasteiger partial charge >= 0.3 is 0 Å². The van der Waals surface area contributed by atoms with E-state index < -0.39 is 0 Å². The second kappa shape index (κ2) is 7.16. The normalized spacial score (nSPS) is 12.8. The fourth-order valence-corrected chi connectivity index (χ4v) is 1.61. The Bertz CT molecular complexity index is 517. The molecule has 0 radical (unpaired) electrons. The topological polar surface area (TPSA) is 70.5 Å². The van der Waals surface area contributed by atoms with Crippen molar-refractivity contribution in [1.82, 2.24) is 0 Å². The van der Waals surface area contributed by atoms with Gasteiger partial charge in [0.25, 0.3) is 0 Å². The molecule has 0 amide bonds. The molecule has 0 bridgehead atoms. The van der Waals surface area contributed by atoms with Gasteiger partial charge in [0.15, 0.2) is 0 Å². The molecule has 0 aliphatic rings. The van der Waals surface area contributed by atoms with Gasteiger partial charge in [0, 0.05) is 0 Å². The van der Waals surface area contributed by atoms with Gasteiger partial charge in [-0.25, -0.2) is 0 Å². The largest absolute Gasteiger partial charge is 0.502 e. The second-order valence-electron chi connectivity index (χ2n) is 3.89. The first-order valence-corrected chi connectivity index (χ1v) is 5.89. The zero-order chi connectivity index (χ0) is 14.3. The van der Waals surface area contributed by atoms with E-state index in [1.54, 1.807) is 20.3 Å². The second-order valence-corrected chi connectivity index (χ2v) is 3.89. The van der Waals surface area contributed by atoms with Crippen molar-refractivity contribution in [3.8, 4) is 5.75 Å². The van der Waals surface area contributed by atoms with Crippen LogP contribution < -0.4 is 16.2 Å². The third-order valence-electron chi connectivity index (χ3n) is 2.59. The van der Waals surface area contributed by atoms with Gasteiger partial charge in [-0.15, -0.1) is 0 Å². The molecule has 0 unspecified atom stereocenters. The van der Waals surface area contributed by atoms with Crippen molar-refractivity contribution in [3.63, 3.8) is 0 Å². The number of allylic oxidation sites excluding steroid dienone is 4. The van der Waals surface area contributed by atoms with E-state index in [-0.39, 0.29) is 0 Å². The Kier molecular flexibility index (Phi) is 5.54. The molecular weight excluding hydrogens is 240 g/mol. The minimum absolute atomic E-state index is 0.546. The molecule has 0 aliphatic heterocycles. The van der Waals surface area contributed by atoms with Crippen LogP contribution in [-0.2, 0) is 4.74 Å². The third kappa shape index (κ3) is 4.10. The summed E-state index contributed by atoms with van der Waals surface area (Å²) in [6.45, 7) is 1.96. The van der Waals surface area contributed by atoms with Crippen LogP contribution in [0.4, 0.5) is 5.69 Å². The van der Waals surface area contributed by atoms with Crippen molar-refractivity contribution in [2.45, 2.75) is 6.92 Å². The van der Waals surface area contributed by atoms with E-state index in [1.807, 2.05) is 37.3 Å². The van der Waals surface area contributed by atoms with Gasteiger partial charge < -0.3 is 20.9 Å². The molecule has 19 heavy (non-hydrogen) atoms. The summed E-state index contributed by atoms with van der Waals surface area (Å²) in [5.41, 5.74) is 14.7. The molecule has 0 aromatic heterocycles. The van der Waals surface area contributed by atoms with Crippen LogP contribution in [0.3, 0.4) is 0 Å². The minimum atomic E-state index is 0.546. The predicted octanol–water partition coefficient (Wildman–Crippen LogP) is 2.68. The van der Waals surface area contributed by atoms with Crippen molar-refractivity contribution < 1.29 is 9.47 Å². The van der Waals surface area contributed by atoms with E-state index in [1.165, 1.54) is 6.26 Å². The van der Waals surface area contributed by atoms with E-state index in [9.17, 15) is 0 Å². The standard InChI is InChI=1S/C15H20N2O2/c1-4-11(5-7-13(16)10-18-2)12-6-8-14(17)15(9-12)19-3/h4-10H,16-17H2,1-3H3/b7-5-,11-4+,13-10-. The third-order valence-corrected chi connectivity index (χ3v) is 2.59. The van der Waals surface area contributed by atoms with Gasteiger partial charge in [0.05, 0.1) is 25.6 Å². The molecule has 1 rings (SSSR count). The number of benzene rings is 1. The van der Waals surface area contributed by atoms with Crippen LogP contribution in [0.25, 0.3) is 5.57 Å². The molecule has 0 saturated carbocycles. The summed E-state index contributed by atoms with van der Waals surface area (Å²) < 4.78 is 10.0. The average molecular weight is 260 g/mol. The Balaban J connectivity index is 3.02. The van der Waals surface area contributed by atoms with Gasteiger partial charge in [-0.3, -0.25) is 0 Å². The molecule has 0 aliphatic carbocycles. The van der Waals surface area contributed by atoms with Gasteiger partial charge in [-0.1, -0.05) is 18.2 Å². The fourth-order valence-electron chi connectivity index (χ4n) is 1.61. The molecular formula is C15H20N2O2. The average Bonchev–Trinajstić information content (AvgIpc) is 2.41. The van der Waals surface area contributed by atoms with Crippen LogP contribution in [0, 0.1) is 0 Å². The summed E-state index contributed by atoms with van der Waals surface area (Å²) in [5, 5.41) is 0. The van der Waals surface area contributed by atoms with Crippen LogP contribution in [0.1, 0.15) is 12.5 Å². The molecule has 102 valence electrons. The van der Waals surface area contributed by atoms with Crippen LogP contribution in [0.2, 0.25) is 0 Å². The minimum Gasteiger partial charge on any atom is -0.502 e. The van der Waals surface area contributed by atoms with Crippen molar-refractivity contribution in [3.05, 3.63) is 53.9 Å². The molecule has 1 aromatic rings. The number of nitrogen functional groups attached to an aromatic ring is 1. The number of nitrogens with two attached hydrogens (primary N) is 2. The Hall–Kier alpha value is -2.36. The molecule has 0 spiro atoms. The van der Waals surface area contributed by atoms with E-state index in [4.69, 9.17) is 20.9 Å². The quantitative estimate of drug-likeness (QED) is 0.485. The molecule has 0 heterocycles. The molecule has 4 N–H and O–H groups in total. The van der Waals surface area contributed by atoms with E-state index >= 15 is 0 Å². The van der Waals surface area contributed by atoms with Crippen LogP contribution in [-0.4, -0.2) is 14.2 Å². The molecule has 0 fully saturated rings. The zero-order valence-electron chi connectivity index (χ0n) is 11.5. The maximum absolute atomic E-state index is 5.80. The number of rotatable bonds is 5. The van der Waals surface area contributed by atoms with Crippen molar-refractivity contribution in [1.29, 1.82) is 0 Å². The lowest BCUT2D eigenvalue weighted by Gasteiger charge is -2.08. The van der Waals surface area contributed by atoms with E-state index in [2.05, 4.69) is 0 Å². The molecule has 0 saturated heterocycles. The first-order chi connectivity index (χ1) is 9.12. The highest BCUT2D eigenvalue weighted by molar-refractivity contribution is 5.76. The molecule has 1 aromatic carbocycles.